The first kappa shape index (κ1) is 15.3. The monoisotopic (exact) mass is 268 g/mol. The maximum Gasteiger partial charge on any atom is 0.339 e. The van der Waals surface area contributed by atoms with Crippen molar-refractivity contribution >= 4 is 5.97 Å². The predicted molar refractivity (Wildman–Crippen MR) is 70.3 cm³/mol. The van der Waals surface area contributed by atoms with Crippen LogP contribution in [0.25, 0.3) is 0 Å². The summed E-state index contributed by atoms with van der Waals surface area (Å²) < 4.78 is 9.55. The quantitative estimate of drug-likeness (QED) is 0.819. The van der Waals surface area contributed by atoms with Gasteiger partial charge in [-0.2, -0.15) is 0 Å². The third-order valence-electron chi connectivity index (χ3n) is 2.89. The highest BCUT2D eigenvalue weighted by Gasteiger charge is 2.27. The van der Waals surface area contributed by atoms with Crippen LogP contribution in [0.2, 0.25) is 0 Å². The molecule has 0 bridgehead atoms. The van der Waals surface area contributed by atoms with Gasteiger partial charge in [0.2, 0.25) is 0 Å². The molecule has 0 aromatic heterocycles. The van der Waals surface area contributed by atoms with E-state index < -0.39 is 12.1 Å². The number of esters is 1. The van der Waals surface area contributed by atoms with Crippen LogP contribution in [0.5, 0.6) is 11.5 Å². The van der Waals surface area contributed by atoms with E-state index in [1.165, 1.54) is 14.2 Å². The van der Waals surface area contributed by atoms with Gasteiger partial charge in [0.15, 0.2) is 17.6 Å². The van der Waals surface area contributed by atoms with Crippen LogP contribution in [0.4, 0.5) is 0 Å². The number of aliphatic hydroxyl groups is 1. The smallest absolute Gasteiger partial charge is 0.339 e. The molecule has 1 aromatic rings. The van der Waals surface area contributed by atoms with Gasteiger partial charge in [0, 0.05) is 5.56 Å². The Hall–Kier alpha value is -1.75. The number of methoxy groups -OCH3 is 2. The van der Waals surface area contributed by atoms with Crippen LogP contribution in [0.15, 0.2) is 12.1 Å². The van der Waals surface area contributed by atoms with Crippen LogP contribution in [0.3, 0.4) is 0 Å². The lowest BCUT2D eigenvalue weighted by molar-refractivity contribution is -0.150. The van der Waals surface area contributed by atoms with Crippen molar-refractivity contribution in [1.82, 2.24) is 0 Å². The Bertz CT molecular complexity index is 473. The van der Waals surface area contributed by atoms with Gasteiger partial charge in [-0.15, -0.1) is 0 Å². The largest absolute Gasteiger partial charge is 0.504 e. The summed E-state index contributed by atoms with van der Waals surface area (Å²) in [4.78, 5) is 11.4. The zero-order valence-corrected chi connectivity index (χ0v) is 11.9. The fourth-order valence-corrected chi connectivity index (χ4v) is 1.73. The van der Waals surface area contributed by atoms with Crippen molar-refractivity contribution < 1.29 is 24.5 Å². The molecule has 1 rings (SSSR count). The Balaban J connectivity index is 3.43. The average molecular weight is 268 g/mol. The van der Waals surface area contributed by atoms with Gasteiger partial charge in [-0.25, -0.2) is 4.79 Å². The molecule has 0 spiro atoms. The Kier molecular flexibility index (Phi) is 4.42. The van der Waals surface area contributed by atoms with Gasteiger partial charge in [-0.1, -0.05) is 20.8 Å². The molecule has 106 valence electrons. The molecule has 0 saturated carbocycles. The summed E-state index contributed by atoms with van der Waals surface area (Å²) in [5.74, 6) is -0.845. The molecule has 0 amide bonds. The van der Waals surface area contributed by atoms with E-state index in [1.807, 2.05) is 20.8 Å². The topological polar surface area (TPSA) is 76.0 Å². The molecule has 1 atom stereocenters. The number of carbonyl (C=O) groups is 1. The van der Waals surface area contributed by atoms with Crippen molar-refractivity contribution in [2.75, 3.05) is 14.2 Å². The Morgan fingerprint density at radius 3 is 2.26 bits per heavy atom. The third-order valence-corrected chi connectivity index (χ3v) is 2.89. The molecule has 1 aromatic carbocycles. The number of phenols is 1. The second-order valence-corrected chi connectivity index (χ2v) is 5.29. The minimum Gasteiger partial charge on any atom is -0.504 e. The first-order valence-electron chi connectivity index (χ1n) is 5.89. The SMILES string of the molecule is COC(=O)C(O)c1cc(C(C)(C)C)cc(O)c1OC. The van der Waals surface area contributed by atoms with E-state index in [9.17, 15) is 15.0 Å². The van der Waals surface area contributed by atoms with Gasteiger partial charge >= 0.3 is 5.97 Å². The van der Waals surface area contributed by atoms with Crippen molar-refractivity contribution in [3.63, 3.8) is 0 Å². The van der Waals surface area contributed by atoms with Crippen LogP contribution < -0.4 is 4.74 Å². The molecule has 2 N–H and O–H groups in total. The molecule has 0 aliphatic rings. The van der Waals surface area contributed by atoms with E-state index in [0.29, 0.717) is 0 Å². The van der Waals surface area contributed by atoms with E-state index in [1.54, 1.807) is 12.1 Å². The molecule has 0 aliphatic heterocycles. The Morgan fingerprint density at radius 1 is 1.26 bits per heavy atom. The Labute approximate surface area is 112 Å². The number of aliphatic hydroxyl groups excluding tert-OH is 1. The molecule has 0 heterocycles. The summed E-state index contributed by atoms with van der Waals surface area (Å²) in [5, 5.41) is 19.9. The summed E-state index contributed by atoms with van der Waals surface area (Å²) >= 11 is 0. The fraction of sp³-hybridized carbons (Fsp3) is 0.500. The molecular weight excluding hydrogens is 248 g/mol. The number of benzene rings is 1. The predicted octanol–water partition coefficient (Wildman–Crippen LogP) is 1.90. The summed E-state index contributed by atoms with van der Waals surface area (Å²) in [5.41, 5.74) is 0.733. The van der Waals surface area contributed by atoms with E-state index >= 15 is 0 Å². The van der Waals surface area contributed by atoms with E-state index in [4.69, 9.17) is 4.74 Å². The second kappa shape index (κ2) is 5.48. The summed E-state index contributed by atoms with van der Waals surface area (Å²) in [7, 11) is 2.55. The van der Waals surface area contributed by atoms with Gasteiger partial charge < -0.3 is 19.7 Å². The first-order chi connectivity index (χ1) is 8.72. The number of hydrogen-bond donors (Lipinski definition) is 2. The maximum absolute atomic E-state index is 11.4. The minimum absolute atomic E-state index is 0.0749. The average Bonchev–Trinajstić information content (AvgIpc) is 2.34. The second-order valence-electron chi connectivity index (χ2n) is 5.29. The molecule has 0 saturated heterocycles. The van der Waals surface area contributed by atoms with Gasteiger partial charge in [-0.3, -0.25) is 0 Å². The lowest BCUT2D eigenvalue weighted by atomic mass is 9.85. The molecule has 5 heteroatoms. The minimum atomic E-state index is -1.49. The number of rotatable bonds is 3. The van der Waals surface area contributed by atoms with E-state index in [-0.39, 0.29) is 22.5 Å². The number of aromatic hydroxyl groups is 1. The highest BCUT2D eigenvalue weighted by atomic mass is 16.5. The van der Waals surface area contributed by atoms with Crippen molar-refractivity contribution in [3.05, 3.63) is 23.3 Å². The van der Waals surface area contributed by atoms with Gasteiger partial charge in [0.1, 0.15) is 0 Å². The van der Waals surface area contributed by atoms with Crippen molar-refractivity contribution in [3.8, 4) is 11.5 Å². The molecule has 19 heavy (non-hydrogen) atoms. The Morgan fingerprint density at radius 2 is 1.84 bits per heavy atom. The fourth-order valence-electron chi connectivity index (χ4n) is 1.73. The standard InChI is InChI=1S/C14H20O5/c1-14(2,3)8-6-9(11(16)13(17)19-5)12(18-4)10(15)7-8/h6-7,11,15-16H,1-5H3. The van der Waals surface area contributed by atoms with Crippen molar-refractivity contribution in [2.45, 2.75) is 32.3 Å². The summed E-state index contributed by atoms with van der Waals surface area (Å²) in [6.07, 6.45) is -1.49. The van der Waals surface area contributed by atoms with Crippen LogP contribution >= 0.6 is 0 Å². The molecule has 1 unspecified atom stereocenters. The van der Waals surface area contributed by atoms with Crippen LogP contribution in [0, 0.1) is 0 Å². The third kappa shape index (κ3) is 3.17. The highest BCUT2D eigenvalue weighted by Crippen LogP contribution is 2.39. The first-order valence-corrected chi connectivity index (χ1v) is 5.89. The zero-order chi connectivity index (χ0) is 14.8. The number of ether oxygens (including phenoxy) is 2. The summed E-state index contributed by atoms with van der Waals surface area (Å²) in [6, 6.07) is 3.20. The van der Waals surface area contributed by atoms with Gasteiger partial charge in [0.25, 0.3) is 0 Å². The van der Waals surface area contributed by atoms with Crippen molar-refractivity contribution in [1.29, 1.82) is 0 Å². The molecule has 0 radical (unpaired) electrons. The van der Waals surface area contributed by atoms with Gasteiger partial charge in [0.05, 0.1) is 14.2 Å². The molecule has 5 nitrogen and oxygen atoms in total. The van der Waals surface area contributed by atoms with Crippen molar-refractivity contribution in [2.24, 2.45) is 0 Å². The van der Waals surface area contributed by atoms with Crippen LogP contribution in [-0.4, -0.2) is 30.4 Å². The highest BCUT2D eigenvalue weighted by molar-refractivity contribution is 5.78. The normalized spacial score (nSPS) is 12.9. The zero-order valence-electron chi connectivity index (χ0n) is 11.9. The molecule has 0 fully saturated rings. The summed E-state index contributed by atoms with van der Waals surface area (Å²) in [6.45, 7) is 5.88. The lowest BCUT2D eigenvalue weighted by Gasteiger charge is -2.23. The van der Waals surface area contributed by atoms with E-state index in [0.717, 1.165) is 5.56 Å². The number of hydrogen-bond acceptors (Lipinski definition) is 5. The maximum atomic E-state index is 11.4. The van der Waals surface area contributed by atoms with Gasteiger partial charge in [-0.05, 0) is 23.1 Å². The lowest BCUT2D eigenvalue weighted by Crippen LogP contribution is -2.17. The van der Waals surface area contributed by atoms with Crippen LogP contribution in [-0.2, 0) is 14.9 Å². The van der Waals surface area contributed by atoms with Crippen LogP contribution in [0.1, 0.15) is 38.0 Å². The van der Waals surface area contributed by atoms with E-state index in [2.05, 4.69) is 4.74 Å². The number of phenolic OH excluding ortho intramolecular Hbond substituents is 1. The molecule has 0 aliphatic carbocycles. The molecular formula is C14H20O5. The number of carbonyl (C=O) groups excluding carboxylic acids is 1.